The first-order chi connectivity index (χ1) is 19.4. The van der Waals surface area contributed by atoms with E-state index in [1.165, 1.54) is 21.3 Å². The van der Waals surface area contributed by atoms with E-state index in [-0.39, 0.29) is 65.6 Å². The highest BCUT2D eigenvalue weighted by molar-refractivity contribution is 7.91. The van der Waals surface area contributed by atoms with Crippen molar-refractivity contribution in [2.45, 2.75) is 48.1 Å². The van der Waals surface area contributed by atoms with Crippen molar-refractivity contribution in [3.63, 3.8) is 0 Å². The number of anilines is 2. The minimum Gasteiger partial charge on any atom is -0.391 e. The average molecular weight is 646 g/mol. The molecule has 0 saturated carbocycles. The van der Waals surface area contributed by atoms with Gasteiger partial charge in [-0.2, -0.15) is 30.6 Å². The Kier molecular flexibility index (Phi) is 8.73. The molecule has 234 valence electrons. The number of carbonyl (C=O) groups is 1. The van der Waals surface area contributed by atoms with Crippen LogP contribution in [0.3, 0.4) is 0 Å². The topological polar surface area (TPSA) is 145 Å². The van der Waals surface area contributed by atoms with Crippen LogP contribution in [0.25, 0.3) is 0 Å². The van der Waals surface area contributed by atoms with Gasteiger partial charge in [0.2, 0.25) is 11.9 Å². The minimum absolute atomic E-state index is 0.00352. The summed E-state index contributed by atoms with van der Waals surface area (Å²) in [6.45, 7) is 4.19. The summed E-state index contributed by atoms with van der Waals surface area (Å²) >= 11 is 0.874. The van der Waals surface area contributed by atoms with E-state index in [2.05, 4.69) is 15.3 Å². The predicted molar refractivity (Wildman–Crippen MR) is 140 cm³/mol. The van der Waals surface area contributed by atoms with Crippen LogP contribution >= 0.6 is 11.3 Å². The van der Waals surface area contributed by atoms with E-state index >= 15 is 0 Å². The Labute approximate surface area is 241 Å². The van der Waals surface area contributed by atoms with Gasteiger partial charge in [0.1, 0.15) is 4.21 Å². The summed E-state index contributed by atoms with van der Waals surface area (Å²) in [5, 5.41) is 12.8. The first-order valence-electron chi connectivity index (χ1n) is 12.7. The molecule has 2 aliphatic rings. The number of alkyl halides is 6. The van der Waals surface area contributed by atoms with Crippen LogP contribution in [0.2, 0.25) is 0 Å². The van der Waals surface area contributed by atoms with Gasteiger partial charge < -0.3 is 21.1 Å². The molecule has 2 atom stereocenters. The number of nitrogens with two attached hydrogens (primary N) is 1. The fourth-order valence-electron chi connectivity index (χ4n) is 5.14. The Balaban J connectivity index is 1.69. The van der Waals surface area contributed by atoms with Crippen molar-refractivity contribution in [3.8, 4) is 0 Å². The summed E-state index contributed by atoms with van der Waals surface area (Å²) in [6, 6.07) is 1.49. The Hall–Kier alpha value is -2.74. The zero-order chi connectivity index (χ0) is 31.3. The zero-order valence-corrected chi connectivity index (χ0v) is 24.0. The normalized spacial score (nSPS) is 22.0. The average Bonchev–Trinajstić information content (AvgIpc) is 3.34. The van der Waals surface area contributed by atoms with Crippen LogP contribution in [-0.2, 0) is 20.4 Å². The number of aromatic nitrogens is 2. The van der Waals surface area contributed by atoms with Crippen molar-refractivity contribution in [2.24, 2.45) is 5.92 Å². The summed E-state index contributed by atoms with van der Waals surface area (Å²) in [5.41, 5.74) is -1.10. The molecular weight excluding hydrogens is 616 g/mol. The second-order valence-electron chi connectivity index (χ2n) is 10.3. The standard InChI is InChI=1S/C23H29F6N7O4S2/c1-13(2)18-19(37)31-5-6-34(18)11-15-12-35(42(39,40)17-4-3-16(30)41-17)7-8-36(15)20-32-9-14(10-33-20)21(38,22(24,25)26)23(27,28)29/h3-4,9-10,13,15,18,38H,5-8,11-12,30H2,1-2H3,(H,31,37)/t15-,18-/m0/s1. The summed E-state index contributed by atoms with van der Waals surface area (Å²) in [6.07, 6.45) is -11.7. The van der Waals surface area contributed by atoms with E-state index in [9.17, 15) is 44.7 Å². The van der Waals surface area contributed by atoms with E-state index in [1.54, 1.807) is 0 Å². The number of thiophene rings is 1. The van der Waals surface area contributed by atoms with Gasteiger partial charge >= 0.3 is 12.4 Å². The third kappa shape index (κ3) is 5.88. The smallest absolute Gasteiger partial charge is 0.391 e. The van der Waals surface area contributed by atoms with Crippen molar-refractivity contribution in [2.75, 3.05) is 49.9 Å². The van der Waals surface area contributed by atoms with Gasteiger partial charge in [-0.15, -0.1) is 11.3 Å². The molecule has 0 unspecified atom stereocenters. The maximum atomic E-state index is 13.4. The Morgan fingerprint density at radius 3 is 2.24 bits per heavy atom. The van der Waals surface area contributed by atoms with Crippen LogP contribution < -0.4 is 16.0 Å². The highest BCUT2D eigenvalue weighted by Crippen LogP contribution is 2.49. The molecule has 0 spiro atoms. The van der Waals surface area contributed by atoms with E-state index < -0.39 is 45.6 Å². The highest BCUT2D eigenvalue weighted by atomic mass is 32.2. The van der Waals surface area contributed by atoms with Crippen LogP contribution in [0.1, 0.15) is 19.4 Å². The van der Waals surface area contributed by atoms with Crippen molar-refractivity contribution in [3.05, 3.63) is 30.1 Å². The summed E-state index contributed by atoms with van der Waals surface area (Å²) in [4.78, 5) is 23.4. The first-order valence-corrected chi connectivity index (χ1v) is 15.0. The number of nitrogens with one attached hydrogen (secondary N) is 1. The molecule has 4 rings (SSSR count). The maximum Gasteiger partial charge on any atom is 0.430 e. The summed E-state index contributed by atoms with van der Waals surface area (Å²) in [7, 11) is -4.00. The number of aliphatic hydroxyl groups is 1. The third-order valence-electron chi connectivity index (χ3n) is 7.21. The van der Waals surface area contributed by atoms with Gasteiger partial charge in [0.05, 0.1) is 17.1 Å². The van der Waals surface area contributed by atoms with Crippen LogP contribution in [-0.4, -0.2) is 102 Å². The molecule has 42 heavy (non-hydrogen) atoms. The summed E-state index contributed by atoms with van der Waals surface area (Å²) in [5.74, 6) is -0.624. The van der Waals surface area contributed by atoms with E-state index in [4.69, 9.17) is 5.73 Å². The number of sulfonamides is 1. The van der Waals surface area contributed by atoms with Gasteiger partial charge in [-0.1, -0.05) is 13.8 Å². The number of hydrogen-bond acceptors (Lipinski definition) is 10. The van der Waals surface area contributed by atoms with Crippen molar-refractivity contribution >= 4 is 38.2 Å². The van der Waals surface area contributed by atoms with Gasteiger partial charge in [-0.3, -0.25) is 9.69 Å². The SMILES string of the molecule is CC(C)[C@H]1C(=O)NCCN1C[C@H]1CN(S(=O)(=O)c2ccc(N)s2)CCN1c1ncc(C(O)(C(F)(F)F)C(F)(F)F)cn1. The Morgan fingerprint density at radius 2 is 1.71 bits per heavy atom. The third-order valence-corrected chi connectivity index (χ3v) is 10.5. The van der Waals surface area contributed by atoms with Gasteiger partial charge in [-0.05, 0) is 18.1 Å². The van der Waals surface area contributed by atoms with Crippen molar-refractivity contribution < 1.29 is 44.7 Å². The lowest BCUT2D eigenvalue weighted by atomic mass is 9.95. The second kappa shape index (κ2) is 11.4. The fourth-order valence-corrected chi connectivity index (χ4v) is 7.86. The monoisotopic (exact) mass is 645 g/mol. The molecule has 2 aromatic heterocycles. The Bertz CT molecular complexity index is 1370. The lowest BCUT2D eigenvalue weighted by molar-refractivity contribution is -0.376. The number of amides is 1. The van der Waals surface area contributed by atoms with Gasteiger partial charge in [-0.25, -0.2) is 18.4 Å². The molecule has 0 aliphatic carbocycles. The molecule has 4 N–H and O–H groups in total. The number of carbonyl (C=O) groups excluding carboxylic acids is 1. The van der Waals surface area contributed by atoms with E-state index in [1.807, 2.05) is 18.7 Å². The minimum atomic E-state index is -6.11. The van der Waals surface area contributed by atoms with Crippen molar-refractivity contribution in [1.29, 1.82) is 0 Å². The summed E-state index contributed by atoms with van der Waals surface area (Å²) < 4.78 is 108. The van der Waals surface area contributed by atoms with Gasteiger partial charge in [0, 0.05) is 57.2 Å². The molecule has 4 heterocycles. The molecule has 0 radical (unpaired) electrons. The fraction of sp³-hybridized carbons (Fsp3) is 0.609. The first kappa shape index (κ1) is 32.2. The van der Waals surface area contributed by atoms with E-state index in [0.29, 0.717) is 13.1 Å². The Morgan fingerprint density at radius 1 is 1.10 bits per heavy atom. The van der Waals surface area contributed by atoms with Crippen LogP contribution in [0.15, 0.2) is 28.7 Å². The molecule has 0 aromatic carbocycles. The zero-order valence-electron chi connectivity index (χ0n) is 22.4. The molecule has 2 aromatic rings. The molecule has 0 bridgehead atoms. The maximum absolute atomic E-state index is 13.4. The van der Waals surface area contributed by atoms with Gasteiger partial charge in [0.15, 0.2) is 0 Å². The molecular formula is C23H29F6N7O4S2. The number of nitrogens with zero attached hydrogens (tertiary/aromatic N) is 5. The van der Waals surface area contributed by atoms with Crippen LogP contribution in [0.4, 0.5) is 37.3 Å². The quantitative estimate of drug-likeness (QED) is 0.384. The van der Waals surface area contributed by atoms with Crippen molar-refractivity contribution in [1.82, 2.24) is 24.5 Å². The lowest BCUT2D eigenvalue weighted by Gasteiger charge is -2.45. The molecule has 2 aliphatic heterocycles. The van der Waals surface area contributed by atoms with E-state index in [0.717, 1.165) is 11.3 Å². The molecule has 2 saturated heterocycles. The molecule has 2 fully saturated rings. The number of hydrogen-bond donors (Lipinski definition) is 3. The lowest BCUT2D eigenvalue weighted by Crippen LogP contribution is -2.64. The molecule has 1 amide bonds. The van der Waals surface area contributed by atoms with Crippen LogP contribution in [0, 0.1) is 5.92 Å². The number of rotatable bonds is 7. The highest BCUT2D eigenvalue weighted by Gasteiger charge is 2.71. The van der Waals surface area contributed by atoms with Gasteiger partial charge in [0.25, 0.3) is 15.6 Å². The number of nitrogen functional groups attached to an aromatic ring is 1. The number of halogens is 6. The predicted octanol–water partition coefficient (Wildman–Crippen LogP) is 1.77. The molecule has 19 heteroatoms. The molecule has 11 nitrogen and oxygen atoms in total. The van der Waals surface area contributed by atoms with Crippen LogP contribution in [0.5, 0.6) is 0 Å². The second-order valence-corrected chi connectivity index (χ2v) is 13.6. The largest absolute Gasteiger partial charge is 0.430 e. The number of piperazine rings is 2.